The highest BCUT2D eigenvalue weighted by Crippen LogP contribution is 2.74. The molecule has 1 saturated carbocycles. The number of ether oxygens (including phenoxy) is 1. The summed E-state index contributed by atoms with van der Waals surface area (Å²) < 4.78 is 5.56. The van der Waals surface area contributed by atoms with Crippen LogP contribution in [0.2, 0.25) is 0 Å². The van der Waals surface area contributed by atoms with Gasteiger partial charge in [0.2, 0.25) is 11.8 Å². The maximum absolute atomic E-state index is 14.7. The van der Waals surface area contributed by atoms with E-state index in [0.717, 1.165) is 22.3 Å². The third-order valence-electron chi connectivity index (χ3n) is 8.73. The van der Waals surface area contributed by atoms with Crippen molar-refractivity contribution in [1.82, 2.24) is 0 Å². The molecule has 1 heterocycles. The van der Waals surface area contributed by atoms with Gasteiger partial charge in [0, 0.05) is 0 Å². The number of imide groups is 1. The molecule has 5 heteroatoms. The van der Waals surface area contributed by atoms with Crippen LogP contribution in [0.4, 0.5) is 5.69 Å². The third-order valence-corrected chi connectivity index (χ3v) is 8.73. The number of allylic oxidation sites excluding steroid dienone is 2. The first-order chi connectivity index (χ1) is 18.4. The summed E-state index contributed by atoms with van der Waals surface area (Å²) in [6.07, 6.45) is 1.23. The molecule has 0 N–H and O–H groups in total. The second-order valence-corrected chi connectivity index (χ2v) is 10.6. The molecule has 3 aromatic carbocycles. The molecule has 0 spiro atoms. The van der Waals surface area contributed by atoms with Crippen LogP contribution >= 0.6 is 0 Å². The molecule has 1 aliphatic heterocycles. The fraction of sp³-hybridized carbons (Fsp3) is 0.303. The Balaban J connectivity index is 1.59. The molecule has 3 aromatic rings. The predicted octanol–water partition coefficient (Wildman–Crippen LogP) is 6.19. The van der Waals surface area contributed by atoms with E-state index in [2.05, 4.69) is 0 Å². The van der Waals surface area contributed by atoms with Gasteiger partial charge in [0.25, 0.3) is 0 Å². The molecule has 3 aliphatic rings. The first-order valence-electron chi connectivity index (χ1n) is 13.4. The third kappa shape index (κ3) is 3.02. The van der Waals surface area contributed by atoms with Gasteiger partial charge in [-0.1, -0.05) is 74.0 Å². The standard InChI is InChI=1S/C33H31NO4/c1-4-20-33-26(22-14-10-7-11-15-22)25(21-12-8-6-9-13-21)32(3,31(33)37)27-28(33)30(36)34(29(27)35)23-16-18-24(19-17-23)38-5-2/h6-19,27-28H,4-5,20H2,1-3H3/t27-,28+,32-,33+/m0/s1. The van der Waals surface area contributed by atoms with E-state index in [0.29, 0.717) is 30.9 Å². The Morgan fingerprint density at radius 3 is 1.84 bits per heavy atom. The molecule has 1 saturated heterocycles. The van der Waals surface area contributed by atoms with Crippen molar-refractivity contribution >= 4 is 34.4 Å². The van der Waals surface area contributed by atoms with Crippen molar-refractivity contribution < 1.29 is 19.1 Å². The summed E-state index contributed by atoms with van der Waals surface area (Å²) in [4.78, 5) is 44.5. The zero-order valence-electron chi connectivity index (χ0n) is 21.9. The number of Topliss-reactive ketones (excluding diaryl/α,β-unsaturated/α-hetero) is 1. The number of rotatable bonds is 7. The molecule has 5 nitrogen and oxygen atoms in total. The fourth-order valence-electron chi connectivity index (χ4n) is 7.47. The minimum Gasteiger partial charge on any atom is -0.494 e. The minimum absolute atomic E-state index is 0.00704. The van der Waals surface area contributed by atoms with Crippen LogP contribution in [0.25, 0.3) is 11.1 Å². The Bertz CT molecular complexity index is 1460. The number of anilines is 1. The first kappa shape index (κ1) is 24.4. The lowest BCUT2D eigenvalue weighted by Gasteiger charge is -2.37. The molecule has 0 unspecified atom stereocenters. The summed E-state index contributed by atoms with van der Waals surface area (Å²) in [5.41, 5.74) is 2.01. The van der Waals surface area contributed by atoms with Crippen molar-refractivity contribution in [2.24, 2.45) is 22.7 Å². The number of nitrogens with zero attached hydrogens (tertiary/aromatic N) is 1. The van der Waals surface area contributed by atoms with Crippen molar-refractivity contribution in [3.63, 3.8) is 0 Å². The summed E-state index contributed by atoms with van der Waals surface area (Å²) in [5.74, 6) is -1.37. The lowest BCUT2D eigenvalue weighted by Crippen LogP contribution is -2.41. The van der Waals surface area contributed by atoms with Gasteiger partial charge in [0.15, 0.2) is 5.78 Å². The van der Waals surface area contributed by atoms with E-state index in [1.165, 1.54) is 4.90 Å². The number of ketones is 1. The van der Waals surface area contributed by atoms with Gasteiger partial charge >= 0.3 is 0 Å². The molecule has 2 amide bonds. The SMILES string of the molecule is CCC[C@@]12C(=O)[C@@](C)(C(c3ccccc3)=C1c1ccccc1)[C@@H]1C(=O)N(c3ccc(OCC)cc3)C(=O)[C@@H]12. The normalized spacial score (nSPS) is 27.9. The summed E-state index contributed by atoms with van der Waals surface area (Å²) in [6, 6.07) is 26.9. The molecule has 192 valence electrons. The highest BCUT2D eigenvalue weighted by molar-refractivity contribution is 6.34. The quantitative estimate of drug-likeness (QED) is 0.359. The van der Waals surface area contributed by atoms with Gasteiger partial charge in [-0.3, -0.25) is 14.4 Å². The highest BCUT2D eigenvalue weighted by Gasteiger charge is 2.80. The minimum atomic E-state index is -1.11. The first-order valence-corrected chi connectivity index (χ1v) is 13.4. The molecular weight excluding hydrogens is 474 g/mol. The molecule has 2 bridgehead atoms. The van der Waals surface area contributed by atoms with Crippen LogP contribution < -0.4 is 9.64 Å². The van der Waals surface area contributed by atoms with E-state index in [4.69, 9.17) is 4.74 Å². The van der Waals surface area contributed by atoms with Crippen molar-refractivity contribution in [2.45, 2.75) is 33.6 Å². The van der Waals surface area contributed by atoms with Crippen LogP contribution in [0.15, 0.2) is 84.9 Å². The number of benzene rings is 3. The number of carbonyl (C=O) groups is 3. The van der Waals surface area contributed by atoms with Crippen LogP contribution in [-0.4, -0.2) is 24.2 Å². The van der Waals surface area contributed by atoms with Gasteiger partial charge in [-0.25, -0.2) is 4.90 Å². The van der Waals surface area contributed by atoms with Crippen molar-refractivity contribution in [3.8, 4) is 5.75 Å². The average molecular weight is 506 g/mol. The molecule has 0 aromatic heterocycles. The van der Waals surface area contributed by atoms with E-state index in [1.54, 1.807) is 24.3 Å². The van der Waals surface area contributed by atoms with E-state index < -0.39 is 22.7 Å². The summed E-state index contributed by atoms with van der Waals surface area (Å²) >= 11 is 0. The number of carbonyl (C=O) groups excluding carboxylic acids is 3. The molecule has 6 rings (SSSR count). The lowest BCUT2D eigenvalue weighted by atomic mass is 9.61. The van der Waals surface area contributed by atoms with Gasteiger partial charge in [-0.15, -0.1) is 0 Å². The zero-order valence-corrected chi connectivity index (χ0v) is 21.9. The van der Waals surface area contributed by atoms with Crippen LogP contribution in [0.5, 0.6) is 5.75 Å². The van der Waals surface area contributed by atoms with Crippen molar-refractivity contribution in [3.05, 3.63) is 96.1 Å². The van der Waals surface area contributed by atoms with Gasteiger partial charge in [0.05, 0.1) is 35.0 Å². The summed E-state index contributed by atoms with van der Waals surface area (Å²) in [7, 11) is 0. The Kier molecular flexibility index (Phi) is 5.64. The number of hydrogen-bond donors (Lipinski definition) is 0. The fourth-order valence-corrected chi connectivity index (χ4v) is 7.47. The van der Waals surface area contributed by atoms with E-state index in [-0.39, 0.29) is 17.6 Å². The molecule has 2 fully saturated rings. The number of amides is 2. The monoisotopic (exact) mass is 505 g/mol. The van der Waals surface area contributed by atoms with Gasteiger partial charge in [0.1, 0.15) is 5.75 Å². The van der Waals surface area contributed by atoms with E-state index in [1.807, 2.05) is 81.4 Å². The van der Waals surface area contributed by atoms with Crippen molar-refractivity contribution in [1.29, 1.82) is 0 Å². The van der Waals surface area contributed by atoms with Gasteiger partial charge < -0.3 is 4.74 Å². The second kappa shape index (κ2) is 8.80. The van der Waals surface area contributed by atoms with Crippen LogP contribution in [0, 0.1) is 22.7 Å². The average Bonchev–Trinajstić information content (AvgIpc) is 3.40. The molecular formula is C33H31NO4. The summed E-state index contributed by atoms with van der Waals surface area (Å²) in [5, 5.41) is 0. The molecule has 4 atom stereocenters. The van der Waals surface area contributed by atoms with Crippen LogP contribution in [-0.2, 0) is 14.4 Å². The predicted molar refractivity (Wildman–Crippen MR) is 147 cm³/mol. The highest BCUT2D eigenvalue weighted by atomic mass is 16.5. The van der Waals surface area contributed by atoms with Gasteiger partial charge in [-0.2, -0.15) is 0 Å². The topological polar surface area (TPSA) is 63.7 Å². The van der Waals surface area contributed by atoms with Crippen LogP contribution in [0.3, 0.4) is 0 Å². The maximum Gasteiger partial charge on any atom is 0.239 e. The molecule has 38 heavy (non-hydrogen) atoms. The van der Waals surface area contributed by atoms with Crippen molar-refractivity contribution in [2.75, 3.05) is 11.5 Å². The molecule has 0 radical (unpaired) electrons. The maximum atomic E-state index is 14.7. The smallest absolute Gasteiger partial charge is 0.239 e. The number of fused-ring (bicyclic) bond motifs is 5. The zero-order chi connectivity index (χ0) is 26.7. The number of hydrogen-bond acceptors (Lipinski definition) is 4. The Morgan fingerprint density at radius 1 is 0.737 bits per heavy atom. The van der Waals surface area contributed by atoms with Crippen LogP contribution in [0.1, 0.15) is 44.7 Å². The Labute approximate surface area is 223 Å². The second-order valence-electron chi connectivity index (χ2n) is 10.6. The Morgan fingerprint density at radius 2 is 1.29 bits per heavy atom. The lowest BCUT2D eigenvalue weighted by molar-refractivity contribution is -0.134. The van der Waals surface area contributed by atoms with E-state index in [9.17, 15) is 14.4 Å². The molecule has 2 aliphatic carbocycles. The Hall–Kier alpha value is -3.99. The largest absolute Gasteiger partial charge is 0.494 e. The van der Waals surface area contributed by atoms with E-state index >= 15 is 0 Å². The van der Waals surface area contributed by atoms with Gasteiger partial charge in [-0.05, 0) is 66.8 Å². The summed E-state index contributed by atoms with van der Waals surface area (Å²) in [6.45, 7) is 6.38.